The highest BCUT2D eigenvalue weighted by molar-refractivity contribution is 5.34. The number of nitrogens with zero attached hydrogens (tertiary/aromatic N) is 2. The Bertz CT molecular complexity index is 562. The van der Waals surface area contributed by atoms with Gasteiger partial charge in [-0.3, -0.25) is 15.2 Å². The Kier molecular flexibility index (Phi) is 3.91. The number of aryl methyl sites for hydroxylation is 1. The minimum atomic E-state index is -0.392. The molecule has 2 rings (SSSR count). The highest BCUT2D eigenvalue weighted by Gasteiger charge is 2.09. The molecule has 6 heteroatoms. The van der Waals surface area contributed by atoms with Crippen molar-refractivity contribution in [1.29, 1.82) is 0 Å². The van der Waals surface area contributed by atoms with Gasteiger partial charge in [-0.25, -0.2) is 0 Å². The van der Waals surface area contributed by atoms with Crippen molar-refractivity contribution < 1.29 is 4.92 Å². The molecule has 0 aliphatic heterocycles. The molecule has 6 nitrogen and oxygen atoms in total. The smallest absolute Gasteiger partial charge is 0.269 e. The van der Waals surface area contributed by atoms with Crippen molar-refractivity contribution in [3.8, 4) is 0 Å². The Morgan fingerprint density at radius 2 is 2.11 bits per heavy atom. The number of nitro benzene ring substituents is 1. The van der Waals surface area contributed by atoms with Crippen LogP contribution in [-0.2, 0) is 6.54 Å². The second-order valence-electron chi connectivity index (χ2n) is 4.47. The summed E-state index contributed by atoms with van der Waals surface area (Å²) in [6.45, 7) is 4.71. The number of benzene rings is 1. The minimum absolute atomic E-state index is 0.113. The lowest BCUT2D eigenvalue weighted by Crippen LogP contribution is -2.18. The Balaban J connectivity index is 1.98. The molecule has 0 bridgehead atoms. The van der Waals surface area contributed by atoms with Gasteiger partial charge in [-0.15, -0.1) is 0 Å². The molecule has 1 atom stereocenters. The summed E-state index contributed by atoms with van der Waals surface area (Å²) in [6, 6.07) is 6.72. The summed E-state index contributed by atoms with van der Waals surface area (Å²) < 4.78 is 0. The molecule has 1 unspecified atom stereocenters. The second kappa shape index (κ2) is 5.62. The van der Waals surface area contributed by atoms with Crippen LogP contribution in [0.4, 0.5) is 5.69 Å². The van der Waals surface area contributed by atoms with Gasteiger partial charge in [0.1, 0.15) is 0 Å². The summed E-state index contributed by atoms with van der Waals surface area (Å²) in [4.78, 5) is 10.2. The first-order valence-electron chi connectivity index (χ1n) is 6.04. The quantitative estimate of drug-likeness (QED) is 0.639. The van der Waals surface area contributed by atoms with Crippen LogP contribution in [0.25, 0.3) is 0 Å². The van der Waals surface area contributed by atoms with Crippen LogP contribution in [0.1, 0.15) is 29.8 Å². The summed E-state index contributed by atoms with van der Waals surface area (Å²) in [5.41, 5.74) is 3.30. The summed E-state index contributed by atoms with van der Waals surface area (Å²) in [6.07, 6.45) is 1.80. The number of hydrogen-bond donors (Lipinski definition) is 2. The van der Waals surface area contributed by atoms with Crippen LogP contribution in [-0.4, -0.2) is 15.1 Å². The first-order valence-corrected chi connectivity index (χ1v) is 6.04. The number of H-pyrrole nitrogens is 1. The largest absolute Gasteiger partial charge is 0.306 e. The Hall–Kier alpha value is -2.21. The summed E-state index contributed by atoms with van der Waals surface area (Å²) in [5.74, 6) is 0. The first-order chi connectivity index (χ1) is 9.08. The molecule has 1 aromatic carbocycles. The van der Waals surface area contributed by atoms with Gasteiger partial charge in [0, 0.05) is 36.0 Å². The molecule has 2 N–H and O–H groups in total. The molecule has 0 saturated heterocycles. The molecule has 1 aromatic heterocycles. The van der Waals surface area contributed by atoms with Crippen molar-refractivity contribution in [1.82, 2.24) is 15.5 Å². The number of rotatable bonds is 5. The van der Waals surface area contributed by atoms with E-state index in [-0.39, 0.29) is 11.7 Å². The lowest BCUT2D eigenvalue weighted by Gasteiger charge is -2.13. The number of nitrogens with one attached hydrogen (secondary N) is 2. The molecule has 0 spiro atoms. The molecule has 0 saturated carbocycles. The molecule has 0 aliphatic rings. The van der Waals surface area contributed by atoms with E-state index in [1.165, 1.54) is 12.1 Å². The fourth-order valence-electron chi connectivity index (χ4n) is 1.82. The lowest BCUT2D eigenvalue weighted by molar-refractivity contribution is -0.384. The minimum Gasteiger partial charge on any atom is -0.306 e. The van der Waals surface area contributed by atoms with Gasteiger partial charge in [0.2, 0.25) is 0 Å². The lowest BCUT2D eigenvalue weighted by atomic mass is 10.1. The average Bonchev–Trinajstić information content (AvgIpc) is 2.81. The zero-order valence-electron chi connectivity index (χ0n) is 10.9. The monoisotopic (exact) mass is 260 g/mol. The van der Waals surface area contributed by atoms with Crippen molar-refractivity contribution in [3.05, 3.63) is 57.4 Å². The van der Waals surface area contributed by atoms with Crippen LogP contribution < -0.4 is 5.32 Å². The topological polar surface area (TPSA) is 83.8 Å². The molecule has 19 heavy (non-hydrogen) atoms. The van der Waals surface area contributed by atoms with Crippen LogP contribution in [0.3, 0.4) is 0 Å². The van der Waals surface area contributed by atoms with Gasteiger partial charge in [0.15, 0.2) is 0 Å². The van der Waals surface area contributed by atoms with Crippen LogP contribution in [0, 0.1) is 17.0 Å². The van der Waals surface area contributed by atoms with Crippen molar-refractivity contribution >= 4 is 5.69 Å². The second-order valence-corrected chi connectivity index (χ2v) is 4.47. The first kappa shape index (κ1) is 13.2. The maximum Gasteiger partial charge on any atom is 0.269 e. The summed E-state index contributed by atoms with van der Waals surface area (Å²) in [7, 11) is 0. The van der Waals surface area contributed by atoms with Crippen LogP contribution in [0.15, 0.2) is 30.5 Å². The zero-order chi connectivity index (χ0) is 13.8. The standard InChI is InChI=1S/C13H16N4O2/c1-9(14-7-12-8-15-16-10(12)2)11-3-5-13(6-4-11)17(18)19/h3-6,8-9,14H,7H2,1-2H3,(H,15,16). The van der Waals surface area contributed by atoms with Crippen LogP contribution >= 0.6 is 0 Å². The third kappa shape index (κ3) is 3.17. The van der Waals surface area contributed by atoms with E-state index in [1.54, 1.807) is 18.3 Å². The van der Waals surface area contributed by atoms with Gasteiger partial charge in [0.05, 0.1) is 11.1 Å². The van der Waals surface area contributed by atoms with E-state index in [0.717, 1.165) is 16.8 Å². The predicted octanol–water partition coefficient (Wildman–Crippen LogP) is 2.48. The molecule has 0 fully saturated rings. The van der Waals surface area contributed by atoms with Crippen LogP contribution in [0.2, 0.25) is 0 Å². The molecular weight excluding hydrogens is 244 g/mol. The van der Waals surface area contributed by atoms with Gasteiger partial charge in [-0.2, -0.15) is 5.10 Å². The molecule has 1 heterocycles. The molecule has 0 aliphatic carbocycles. The molecule has 100 valence electrons. The van der Waals surface area contributed by atoms with Crippen molar-refractivity contribution in [2.45, 2.75) is 26.4 Å². The SMILES string of the molecule is Cc1[nH]ncc1CNC(C)c1ccc([N+](=O)[O-])cc1. The maximum absolute atomic E-state index is 10.6. The van der Waals surface area contributed by atoms with Crippen molar-refractivity contribution in [2.75, 3.05) is 0 Å². The molecular formula is C13H16N4O2. The number of aromatic amines is 1. The highest BCUT2D eigenvalue weighted by Crippen LogP contribution is 2.18. The van der Waals surface area contributed by atoms with E-state index < -0.39 is 4.92 Å². The number of non-ortho nitro benzene ring substituents is 1. The molecule has 0 radical (unpaired) electrons. The van der Waals surface area contributed by atoms with E-state index in [4.69, 9.17) is 0 Å². The third-order valence-corrected chi connectivity index (χ3v) is 3.14. The van der Waals surface area contributed by atoms with E-state index >= 15 is 0 Å². The highest BCUT2D eigenvalue weighted by atomic mass is 16.6. The van der Waals surface area contributed by atoms with Gasteiger partial charge in [-0.05, 0) is 19.4 Å². The molecule has 0 amide bonds. The van der Waals surface area contributed by atoms with Crippen molar-refractivity contribution in [2.24, 2.45) is 0 Å². The Morgan fingerprint density at radius 3 is 2.63 bits per heavy atom. The number of nitro groups is 1. The Morgan fingerprint density at radius 1 is 1.42 bits per heavy atom. The van der Waals surface area contributed by atoms with Crippen molar-refractivity contribution in [3.63, 3.8) is 0 Å². The third-order valence-electron chi connectivity index (χ3n) is 3.14. The fraction of sp³-hybridized carbons (Fsp3) is 0.308. The van der Waals surface area contributed by atoms with Gasteiger partial charge in [0.25, 0.3) is 5.69 Å². The average molecular weight is 260 g/mol. The van der Waals surface area contributed by atoms with Crippen LogP contribution in [0.5, 0.6) is 0 Å². The number of aromatic nitrogens is 2. The molecule has 2 aromatic rings. The van der Waals surface area contributed by atoms with Gasteiger partial charge < -0.3 is 5.32 Å². The van der Waals surface area contributed by atoms with Gasteiger partial charge >= 0.3 is 0 Å². The fourth-order valence-corrected chi connectivity index (χ4v) is 1.82. The summed E-state index contributed by atoms with van der Waals surface area (Å²) >= 11 is 0. The Labute approximate surface area is 111 Å². The van der Waals surface area contributed by atoms with E-state index in [1.807, 2.05) is 13.8 Å². The van der Waals surface area contributed by atoms with E-state index in [2.05, 4.69) is 15.5 Å². The zero-order valence-corrected chi connectivity index (χ0v) is 10.9. The predicted molar refractivity (Wildman–Crippen MR) is 71.7 cm³/mol. The summed E-state index contributed by atoms with van der Waals surface area (Å²) in [5, 5.41) is 20.8. The van der Waals surface area contributed by atoms with E-state index in [9.17, 15) is 10.1 Å². The van der Waals surface area contributed by atoms with Gasteiger partial charge in [-0.1, -0.05) is 12.1 Å². The van der Waals surface area contributed by atoms with E-state index in [0.29, 0.717) is 6.54 Å². The normalized spacial score (nSPS) is 12.3. The number of hydrogen-bond acceptors (Lipinski definition) is 4. The maximum atomic E-state index is 10.6.